The molecule has 0 atom stereocenters. The van der Waals surface area contributed by atoms with Crippen LogP contribution in [-0.2, 0) is 9.63 Å². The first-order valence-electron chi connectivity index (χ1n) is 4.79. The predicted octanol–water partition coefficient (Wildman–Crippen LogP) is 2.39. The molecule has 0 saturated heterocycles. The van der Waals surface area contributed by atoms with Gasteiger partial charge in [0, 0.05) is 19.7 Å². The molecule has 0 spiro atoms. The van der Waals surface area contributed by atoms with E-state index in [1.54, 1.807) is 21.0 Å². The summed E-state index contributed by atoms with van der Waals surface area (Å²) in [5.74, 6) is -0.278. The van der Waals surface area contributed by atoms with Crippen LogP contribution < -0.4 is 0 Å². The fraction of sp³-hybridized carbons (Fsp3) is 0.727. The Hall–Kier alpha value is -0.830. The standard InChI is InChI=1S/C11H21NO2/c1-9(7-8-11(2,3)4)10(13)14-12(5)6/h7H,8H2,1-6H3. The molecule has 0 N–H and O–H groups in total. The van der Waals surface area contributed by atoms with Gasteiger partial charge in [-0.3, -0.25) is 0 Å². The molecule has 0 bridgehead atoms. The number of carbonyl (C=O) groups excluding carboxylic acids is 1. The topological polar surface area (TPSA) is 29.5 Å². The number of allylic oxidation sites excluding steroid dienone is 1. The van der Waals surface area contributed by atoms with Crippen LogP contribution in [0.25, 0.3) is 0 Å². The Balaban J connectivity index is 4.18. The van der Waals surface area contributed by atoms with E-state index in [1.165, 1.54) is 5.06 Å². The van der Waals surface area contributed by atoms with Crippen molar-refractivity contribution in [3.63, 3.8) is 0 Å². The maximum absolute atomic E-state index is 11.3. The number of rotatable bonds is 3. The first kappa shape index (κ1) is 13.2. The zero-order valence-electron chi connectivity index (χ0n) is 10.0. The van der Waals surface area contributed by atoms with E-state index in [0.29, 0.717) is 5.57 Å². The third-order valence-electron chi connectivity index (χ3n) is 1.61. The van der Waals surface area contributed by atoms with E-state index >= 15 is 0 Å². The lowest BCUT2D eigenvalue weighted by Crippen LogP contribution is -2.19. The average molecular weight is 199 g/mol. The molecule has 14 heavy (non-hydrogen) atoms. The maximum atomic E-state index is 11.3. The SMILES string of the molecule is CC(=CCC(C)(C)C)C(=O)ON(C)C. The van der Waals surface area contributed by atoms with Gasteiger partial charge >= 0.3 is 5.97 Å². The van der Waals surface area contributed by atoms with Crippen molar-refractivity contribution < 1.29 is 9.63 Å². The summed E-state index contributed by atoms with van der Waals surface area (Å²) >= 11 is 0. The number of nitrogens with zero attached hydrogens (tertiary/aromatic N) is 1. The van der Waals surface area contributed by atoms with E-state index in [-0.39, 0.29) is 11.4 Å². The fourth-order valence-corrected chi connectivity index (χ4v) is 0.780. The molecular formula is C11H21NO2. The summed E-state index contributed by atoms with van der Waals surface area (Å²) in [7, 11) is 3.38. The number of hydroxylamine groups is 2. The van der Waals surface area contributed by atoms with Gasteiger partial charge in [0.05, 0.1) is 0 Å². The lowest BCUT2D eigenvalue weighted by molar-refractivity contribution is -0.172. The van der Waals surface area contributed by atoms with Gasteiger partial charge < -0.3 is 4.84 Å². The van der Waals surface area contributed by atoms with Crippen molar-refractivity contribution >= 4 is 5.97 Å². The fourth-order valence-electron chi connectivity index (χ4n) is 0.780. The first-order chi connectivity index (χ1) is 6.22. The number of carbonyl (C=O) groups is 1. The second-order valence-corrected chi connectivity index (χ2v) is 4.84. The van der Waals surface area contributed by atoms with Crippen molar-refractivity contribution in [1.82, 2.24) is 5.06 Å². The summed E-state index contributed by atoms with van der Waals surface area (Å²) in [4.78, 5) is 16.2. The number of hydrogen-bond acceptors (Lipinski definition) is 3. The predicted molar refractivity (Wildman–Crippen MR) is 57.6 cm³/mol. The lowest BCUT2D eigenvalue weighted by Gasteiger charge is -2.16. The second-order valence-electron chi connectivity index (χ2n) is 4.84. The summed E-state index contributed by atoms with van der Waals surface area (Å²) in [6, 6.07) is 0. The molecule has 0 rings (SSSR count). The largest absolute Gasteiger partial charge is 0.365 e. The monoisotopic (exact) mass is 199 g/mol. The Morgan fingerprint density at radius 1 is 1.36 bits per heavy atom. The number of hydrogen-bond donors (Lipinski definition) is 0. The van der Waals surface area contributed by atoms with Crippen LogP contribution in [0.1, 0.15) is 34.1 Å². The molecule has 0 aromatic heterocycles. The summed E-state index contributed by atoms with van der Waals surface area (Å²) in [6.07, 6.45) is 2.80. The highest BCUT2D eigenvalue weighted by Crippen LogP contribution is 2.20. The van der Waals surface area contributed by atoms with Gasteiger partial charge in [0.1, 0.15) is 0 Å². The van der Waals surface area contributed by atoms with Gasteiger partial charge in [0.2, 0.25) is 0 Å². The minimum absolute atomic E-state index is 0.208. The van der Waals surface area contributed by atoms with E-state index in [9.17, 15) is 4.79 Å². The van der Waals surface area contributed by atoms with Crippen molar-refractivity contribution in [3.8, 4) is 0 Å². The zero-order valence-corrected chi connectivity index (χ0v) is 10.0. The van der Waals surface area contributed by atoms with Crippen LogP contribution in [0.5, 0.6) is 0 Å². The third kappa shape index (κ3) is 6.66. The molecule has 3 heteroatoms. The van der Waals surface area contributed by atoms with E-state index < -0.39 is 0 Å². The molecule has 82 valence electrons. The summed E-state index contributed by atoms with van der Waals surface area (Å²) in [6.45, 7) is 8.17. The Morgan fingerprint density at radius 3 is 2.21 bits per heavy atom. The molecule has 0 amide bonds. The highest BCUT2D eigenvalue weighted by atomic mass is 16.7. The van der Waals surface area contributed by atoms with Gasteiger partial charge in [0.15, 0.2) is 0 Å². The van der Waals surface area contributed by atoms with Crippen LogP contribution in [0, 0.1) is 5.41 Å². The van der Waals surface area contributed by atoms with E-state index in [2.05, 4.69) is 20.8 Å². The first-order valence-corrected chi connectivity index (χ1v) is 4.79. The highest BCUT2D eigenvalue weighted by Gasteiger charge is 2.11. The summed E-state index contributed by atoms with van der Waals surface area (Å²) in [5.41, 5.74) is 0.869. The molecule has 0 heterocycles. The van der Waals surface area contributed by atoms with Gasteiger partial charge in [-0.1, -0.05) is 26.8 Å². The van der Waals surface area contributed by atoms with Crippen molar-refractivity contribution in [2.24, 2.45) is 5.41 Å². The van der Waals surface area contributed by atoms with Gasteiger partial charge in [0.25, 0.3) is 0 Å². The Labute approximate surface area is 86.7 Å². The highest BCUT2D eigenvalue weighted by molar-refractivity contribution is 5.87. The van der Waals surface area contributed by atoms with Crippen LogP contribution in [0.15, 0.2) is 11.6 Å². The van der Waals surface area contributed by atoms with Crippen LogP contribution in [0.3, 0.4) is 0 Å². The van der Waals surface area contributed by atoms with Crippen LogP contribution in [0.2, 0.25) is 0 Å². The smallest absolute Gasteiger partial charge is 0.352 e. The Kier molecular flexibility index (Phi) is 4.85. The maximum Gasteiger partial charge on any atom is 0.352 e. The van der Waals surface area contributed by atoms with Gasteiger partial charge in [-0.05, 0) is 18.8 Å². The molecule has 0 aliphatic rings. The summed E-state index contributed by atoms with van der Waals surface area (Å²) in [5, 5.41) is 1.40. The second kappa shape index (κ2) is 5.15. The molecular weight excluding hydrogens is 178 g/mol. The quantitative estimate of drug-likeness (QED) is 0.516. The molecule has 0 aliphatic carbocycles. The lowest BCUT2D eigenvalue weighted by atomic mass is 9.91. The zero-order chi connectivity index (χ0) is 11.4. The van der Waals surface area contributed by atoms with Crippen molar-refractivity contribution in [1.29, 1.82) is 0 Å². The summed E-state index contributed by atoms with van der Waals surface area (Å²) < 4.78 is 0. The average Bonchev–Trinajstić information content (AvgIpc) is 1.97. The Morgan fingerprint density at radius 2 is 1.86 bits per heavy atom. The minimum atomic E-state index is -0.278. The van der Waals surface area contributed by atoms with Crippen molar-refractivity contribution in [2.75, 3.05) is 14.1 Å². The van der Waals surface area contributed by atoms with Crippen LogP contribution in [0.4, 0.5) is 0 Å². The van der Waals surface area contributed by atoms with Crippen LogP contribution >= 0.6 is 0 Å². The molecule has 0 fully saturated rings. The minimum Gasteiger partial charge on any atom is -0.365 e. The molecule has 3 nitrogen and oxygen atoms in total. The van der Waals surface area contributed by atoms with Crippen molar-refractivity contribution in [2.45, 2.75) is 34.1 Å². The van der Waals surface area contributed by atoms with Gasteiger partial charge in [-0.2, -0.15) is 0 Å². The third-order valence-corrected chi connectivity index (χ3v) is 1.61. The molecule has 0 radical (unpaired) electrons. The molecule has 0 unspecified atom stereocenters. The van der Waals surface area contributed by atoms with Gasteiger partial charge in [-0.25, -0.2) is 4.79 Å². The molecule has 0 aromatic carbocycles. The van der Waals surface area contributed by atoms with Crippen LogP contribution in [-0.4, -0.2) is 25.1 Å². The van der Waals surface area contributed by atoms with E-state index in [1.807, 2.05) is 6.08 Å². The molecule has 0 saturated carbocycles. The molecule has 0 aliphatic heterocycles. The van der Waals surface area contributed by atoms with Gasteiger partial charge in [-0.15, -0.1) is 5.06 Å². The van der Waals surface area contributed by atoms with E-state index in [4.69, 9.17) is 4.84 Å². The normalized spacial score (nSPS) is 13.2. The molecule has 0 aromatic rings. The van der Waals surface area contributed by atoms with Crippen molar-refractivity contribution in [3.05, 3.63) is 11.6 Å². The van der Waals surface area contributed by atoms with E-state index in [0.717, 1.165) is 6.42 Å². The Bertz CT molecular complexity index is 224.